The Morgan fingerprint density at radius 3 is 2.33 bits per heavy atom. The van der Waals surface area contributed by atoms with Gasteiger partial charge in [0.1, 0.15) is 0 Å². The number of benzene rings is 2. The van der Waals surface area contributed by atoms with Crippen LogP contribution in [0.4, 0.5) is 10.5 Å². The highest BCUT2D eigenvalue weighted by atomic mass is 16.5. The first kappa shape index (κ1) is 29.7. The minimum atomic E-state index is -0.970. The van der Waals surface area contributed by atoms with E-state index in [1.54, 1.807) is 36.4 Å². The first-order valence-electron chi connectivity index (χ1n) is 13.7. The average molecular weight is 538 g/mol. The van der Waals surface area contributed by atoms with E-state index in [1.807, 2.05) is 24.0 Å². The second-order valence-electron chi connectivity index (χ2n) is 10.1. The van der Waals surface area contributed by atoms with Crippen molar-refractivity contribution >= 4 is 29.6 Å². The normalized spacial score (nSPS) is 16.7. The van der Waals surface area contributed by atoms with Crippen LogP contribution in [0.3, 0.4) is 0 Å². The minimum Gasteiger partial charge on any atom is -0.481 e. The van der Waals surface area contributed by atoms with E-state index in [0.29, 0.717) is 35.9 Å². The van der Waals surface area contributed by atoms with Gasteiger partial charge in [0.05, 0.1) is 18.6 Å². The Hall–Kier alpha value is -3.88. The molecule has 1 aliphatic carbocycles. The van der Waals surface area contributed by atoms with Gasteiger partial charge in [-0.15, -0.1) is 0 Å². The molecule has 9 heteroatoms. The molecule has 0 radical (unpaired) electrons. The monoisotopic (exact) mass is 537 g/mol. The van der Waals surface area contributed by atoms with Crippen molar-refractivity contribution in [3.63, 3.8) is 0 Å². The Kier molecular flexibility index (Phi) is 11.3. The summed E-state index contributed by atoms with van der Waals surface area (Å²) in [5, 5.41) is 14.3. The summed E-state index contributed by atoms with van der Waals surface area (Å²) in [5.41, 5.74) is 2.34. The van der Waals surface area contributed by atoms with Crippen LogP contribution in [0.5, 0.6) is 0 Å². The Labute approximate surface area is 229 Å². The highest BCUT2D eigenvalue weighted by Gasteiger charge is 2.28. The van der Waals surface area contributed by atoms with Crippen molar-refractivity contribution in [2.24, 2.45) is 5.92 Å². The summed E-state index contributed by atoms with van der Waals surface area (Å²) >= 11 is 0. The van der Waals surface area contributed by atoms with E-state index in [2.05, 4.69) is 17.6 Å². The Balaban J connectivity index is 1.67. The molecule has 2 aromatic rings. The number of rotatable bonds is 12. The average Bonchev–Trinajstić information content (AvgIpc) is 2.92. The number of hydrogen-bond acceptors (Lipinski definition) is 5. The number of hydrogen-bond donors (Lipinski definition) is 3. The molecule has 2 aromatic carbocycles. The van der Waals surface area contributed by atoms with Crippen LogP contribution in [0.2, 0.25) is 0 Å². The second-order valence-corrected chi connectivity index (χ2v) is 10.1. The predicted molar refractivity (Wildman–Crippen MR) is 149 cm³/mol. The highest BCUT2D eigenvalue weighted by Crippen LogP contribution is 2.29. The molecule has 0 bridgehead atoms. The van der Waals surface area contributed by atoms with Crippen molar-refractivity contribution in [1.29, 1.82) is 0 Å². The van der Waals surface area contributed by atoms with Crippen LogP contribution in [0.25, 0.3) is 0 Å². The molecule has 0 saturated heterocycles. The number of carbonyl (C=O) groups is 4. The zero-order valence-electron chi connectivity index (χ0n) is 22.8. The van der Waals surface area contributed by atoms with Crippen molar-refractivity contribution in [2.45, 2.75) is 71.4 Å². The molecule has 0 aliphatic heterocycles. The zero-order chi connectivity index (χ0) is 28.2. The molecule has 0 spiro atoms. The fraction of sp³-hybridized carbons (Fsp3) is 0.467. The number of carbonyl (C=O) groups excluding carboxylic acids is 3. The van der Waals surface area contributed by atoms with Crippen LogP contribution in [0, 0.1) is 5.92 Å². The predicted octanol–water partition coefficient (Wildman–Crippen LogP) is 5.46. The summed E-state index contributed by atoms with van der Waals surface area (Å²) in [7, 11) is 0. The number of urea groups is 1. The van der Waals surface area contributed by atoms with Crippen LogP contribution >= 0.6 is 0 Å². The molecule has 1 fully saturated rings. The fourth-order valence-electron chi connectivity index (χ4n) is 4.67. The number of anilines is 1. The lowest BCUT2D eigenvalue weighted by Gasteiger charge is -2.36. The first-order chi connectivity index (χ1) is 18.8. The minimum absolute atomic E-state index is 0.0603. The molecular formula is C30H39N3O6. The SMILES string of the molecule is CCCCOC(=O)c1ccc(NC(=O)N(Cc2ccc(C(=O)NCCC(=O)O)cc2)C2CCCC(C)C2)cc1. The van der Waals surface area contributed by atoms with Crippen LogP contribution < -0.4 is 10.6 Å². The molecule has 3 amide bonds. The van der Waals surface area contributed by atoms with E-state index in [0.717, 1.165) is 44.1 Å². The number of ether oxygens (including phenoxy) is 1. The van der Waals surface area contributed by atoms with Gasteiger partial charge in [-0.05, 0) is 67.1 Å². The van der Waals surface area contributed by atoms with E-state index in [4.69, 9.17) is 9.84 Å². The standard InChI is InChI=1S/C30H39N3O6/c1-3-4-18-39-29(37)24-12-14-25(15-13-24)32-30(38)33(26-7-5-6-21(2)19-26)20-22-8-10-23(11-9-22)28(36)31-17-16-27(34)35/h8-15,21,26H,3-7,16-20H2,1-2H3,(H,31,36)(H,32,38)(H,34,35). The number of esters is 1. The Morgan fingerprint density at radius 1 is 1.00 bits per heavy atom. The number of aliphatic carboxylic acids is 1. The lowest BCUT2D eigenvalue weighted by molar-refractivity contribution is -0.136. The summed E-state index contributed by atoms with van der Waals surface area (Å²) in [6.45, 7) is 5.07. The summed E-state index contributed by atoms with van der Waals surface area (Å²) in [4.78, 5) is 50.5. The summed E-state index contributed by atoms with van der Waals surface area (Å²) in [6.07, 6.45) is 5.66. The molecule has 3 rings (SSSR count). The van der Waals surface area contributed by atoms with Gasteiger partial charge in [0.25, 0.3) is 5.91 Å². The summed E-state index contributed by atoms with van der Waals surface area (Å²) in [5.74, 6) is -1.16. The van der Waals surface area contributed by atoms with E-state index < -0.39 is 5.97 Å². The first-order valence-corrected chi connectivity index (χ1v) is 13.7. The molecule has 2 atom stereocenters. The second kappa shape index (κ2) is 14.9. The van der Waals surface area contributed by atoms with Crippen LogP contribution in [-0.2, 0) is 16.1 Å². The quantitative estimate of drug-likeness (QED) is 0.244. The topological polar surface area (TPSA) is 125 Å². The van der Waals surface area contributed by atoms with Gasteiger partial charge in [-0.3, -0.25) is 9.59 Å². The Morgan fingerprint density at radius 2 is 1.69 bits per heavy atom. The van der Waals surface area contributed by atoms with E-state index >= 15 is 0 Å². The third-order valence-corrected chi connectivity index (χ3v) is 6.91. The molecule has 3 N–H and O–H groups in total. The molecule has 1 aliphatic rings. The van der Waals surface area contributed by atoms with Gasteiger partial charge >= 0.3 is 18.0 Å². The maximum Gasteiger partial charge on any atom is 0.338 e. The van der Waals surface area contributed by atoms with Crippen molar-refractivity contribution in [2.75, 3.05) is 18.5 Å². The molecule has 9 nitrogen and oxygen atoms in total. The van der Waals surface area contributed by atoms with E-state index in [-0.39, 0.29) is 36.9 Å². The van der Waals surface area contributed by atoms with Crippen LogP contribution in [0.15, 0.2) is 48.5 Å². The van der Waals surface area contributed by atoms with Crippen LogP contribution in [-0.4, -0.2) is 53.1 Å². The van der Waals surface area contributed by atoms with Gasteiger partial charge in [0.2, 0.25) is 0 Å². The number of unbranched alkanes of at least 4 members (excludes halogenated alkanes) is 1. The largest absolute Gasteiger partial charge is 0.481 e. The van der Waals surface area contributed by atoms with E-state index in [9.17, 15) is 19.2 Å². The van der Waals surface area contributed by atoms with Gasteiger partial charge in [-0.1, -0.05) is 45.2 Å². The highest BCUT2D eigenvalue weighted by molar-refractivity contribution is 5.94. The molecule has 1 saturated carbocycles. The van der Waals surface area contributed by atoms with Gasteiger partial charge in [0, 0.05) is 30.4 Å². The molecule has 39 heavy (non-hydrogen) atoms. The van der Waals surface area contributed by atoms with Crippen molar-refractivity contribution in [1.82, 2.24) is 10.2 Å². The van der Waals surface area contributed by atoms with Gasteiger partial charge < -0.3 is 25.4 Å². The number of carboxylic acid groups (broad SMARTS) is 1. The molecule has 2 unspecified atom stereocenters. The molecular weight excluding hydrogens is 498 g/mol. The van der Waals surface area contributed by atoms with Crippen molar-refractivity contribution in [3.8, 4) is 0 Å². The molecule has 0 aromatic heterocycles. The Bertz CT molecular complexity index is 1120. The number of nitrogens with one attached hydrogen (secondary N) is 2. The maximum absolute atomic E-state index is 13.5. The zero-order valence-corrected chi connectivity index (χ0v) is 22.8. The van der Waals surface area contributed by atoms with Crippen LogP contribution in [0.1, 0.15) is 85.1 Å². The summed E-state index contributed by atoms with van der Waals surface area (Å²) in [6, 6.07) is 13.6. The maximum atomic E-state index is 13.5. The smallest absolute Gasteiger partial charge is 0.338 e. The van der Waals surface area contributed by atoms with Gasteiger partial charge in [-0.25, -0.2) is 9.59 Å². The summed E-state index contributed by atoms with van der Waals surface area (Å²) < 4.78 is 5.25. The number of nitrogens with zero attached hydrogens (tertiary/aromatic N) is 1. The number of amides is 3. The number of carboxylic acids is 1. The molecule has 0 heterocycles. The molecule has 210 valence electrons. The van der Waals surface area contributed by atoms with Crippen molar-refractivity contribution < 1.29 is 29.0 Å². The van der Waals surface area contributed by atoms with Gasteiger partial charge in [0.15, 0.2) is 0 Å². The lowest BCUT2D eigenvalue weighted by Crippen LogP contribution is -2.44. The van der Waals surface area contributed by atoms with Gasteiger partial charge in [-0.2, -0.15) is 0 Å². The van der Waals surface area contributed by atoms with E-state index in [1.165, 1.54) is 0 Å². The third kappa shape index (κ3) is 9.42. The lowest BCUT2D eigenvalue weighted by atomic mass is 9.86. The third-order valence-electron chi connectivity index (χ3n) is 6.91. The fourth-order valence-corrected chi connectivity index (χ4v) is 4.67. The van der Waals surface area contributed by atoms with Crippen molar-refractivity contribution in [3.05, 3.63) is 65.2 Å².